The molecule has 1 fully saturated rings. The number of carboxylic acids is 1. The van der Waals surface area contributed by atoms with Crippen molar-refractivity contribution in [2.24, 2.45) is 0 Å². The van der Waals surface area contributed by atoms with Gasteiger partial charge in [0.25, 0.3) is 0 Å². The zero-order chi connectivity index (χ0) is 15.5. The van der Waals surface area contributed by atoms with Crippen LogP contribution in [0.25, 0.3) is 0 Å². The van der Waals surface area contributed by atoms with Gasteiger partial charge in [0.1, 0.15) is 6.04 Å². The highest BCUT2D eigenvalue weighted by atomic mass is 19.4. The van der Waals surface area contributed by atoms with Gasteiger partial charge in [0.15, 0.2) is 0 Å². The van der Waals surface area contributed by atoms with E-state index in [1.807, 2.05) is 4.90 Å². The monoisotopic (exact) mass is 301 g/mol. The fourth-order valence-corrected chi connectivity index (χ4v) is 2.70. The summed E-state index contributed by atoms with van der Waals surface area (Å²) < 4.78 is 38.1. The Morgan fingerprint density at radius 3 is 2.48 bits per heavy atom. The summed E-state index contributed by atoms with van der Waals surface area (Å²) in [5.41, 5.74) is -0.328. The van der Waals surface area contributed by atoms with E-state index in [1.165, 1.54) is 6.07 Å². The first-order valence-corrected chi connectivity index (χ1v) is 7.01. The van der Waals surface area contributed by atoms with Crippen LogP contribution < -0.4 is 0 Å². The molecule has 3 nitrogen and oxygen atoms in total. The van der Waals surface area contributed by atoms with E-state index < -0.39 is 23.8 Å². The molecule has 0 aliphatic carbocycles. The number of benzene rings is 1. The number of likely N-dealkylation sites (tertiary alicyclic amines) is 1. The summed E-state index contributed by atoms with van der Waals surface area (Å²) in [6.45, 7) is 1.38. The van der Waals surface area contributed by atoms with Gasteiger partial charge in [-0.3, -0.25) is 9.69 Å². The minimum atomic E-state index is -4.40. The second kappa shape index (κ2) is 6.47. The van der Waals surface area contributed by atoms with Crippen LogP contribution in [-0.2, 0) is 17.4 Å². The van der Waals surface area contributed by atoms with Crippen LogP contribution in [0.5, 0.6) is 0 Å². The second-order valence-corrected chi connectivity index (χ2v) is 5.35. The first-order valence-electron chi connectivity index (χ1n) is 7.01. The number of aliphatic carboxylic acids is 1. The van der Waals surface area contributed by atoms with Crippen LogP contribution in [0.4, 0.5) is 13.2 Å². The highest BCUT2D eigenvalue weighted by molar-refractivity contribution is 5.74. The molecule has 1 atom stereocenters. The number of hydrogen-bond donors (Lipinski definition) is 1. The van der Waals surface area contributed by atoms with Gasteiger partial charge in [0, 0.05) is 0 Å². The number of piperidine rings is 1. The van der Waals surface area contributed by atoms with Gasteiger partial charge in [-0.15, -0.1) is 0 Å². The molecule has 116 valence electrons. The van der Waals surface area contributed by atoms with Crippen molar-refractivity contribution < 1.29 is 23.1 Å². The maximum absolute atomic E-state index is 12.7. The Balaban J connectivity index is 2.15. The summed E-state index contributed by atoms with van der Waals surface area (Å²) in [6.07, 6.45) is -1.36. The van der Waals surface area contributed by atoms with Crippen LogP contribution in [-0.4, -0.2) is 35.1 Å². The van der Waals surface area contributed by atoms with Crippen LogP contribution in [0.1, 0.15) is 30.4 Å². The predicted octanol–water partition coefficient (Wildman–Crippen LogP) is 3.19. The van der Waals surface area contributed by atoms with E-state index in [2.05, 4.69) is 0 Å². The summed E-state index contributed by atoms with van der Waals surface area (Å²) in [7, 11) is 0. The Bertz CT molecular complexity index is 496. The molecule has 2 rings (SSSR count). The molecule has 0 radical (unpaired) electrons. The normalized spacial score (nSPS) is 18.4. The van der Waals surface area contributed by atoms with Crippen molar-refractivity contribution in [3.63, 3.8) is 0 Å². The van der Waals surface area contributed by atoms with Crippen LogP contribution in [0, 0.1) is 0 Å². The van der Waals surface area contributed by atoms with E-state index in [-0.39, 0.29) is 6.42 Å². The minimum Gasteiger partial charge on any atom is -0.480 e. The number of carboxylic acid groups (broad SMARTS) is 1. The lowest BCUT2D eigenvalue weighted by atomic mass is 10.00. The lowest BCUT2D eigenvalue weighted by Crippen LogP contribution is -2.45. The molecule has 0 amide bonds. The molecule has 1 aliphatic rings. The molecule has 1 aromatic carbocycles. The van der Waals surface area contributed by atoms with Gasteiger partial charge in [-0.1, -0.05) is 24.6 Å². The van der Waals surface area contributed by atoms with Crippen molar-refractivity contribution in [2.45, 2.75) is 37.9 Å². The maximum Gasteiger partial charge on any atom is 0.416 e. The SMILES string of the molecule is O=C(O)[C@@H](Cc1cccc(C(F)(F)F)c1)N1CCCCC1. The Kier molecular flexibility index (Phi) is 4.88. The first kappa shape index (κ1) is 15.8. The van der Waals surface area contributed by atoms with E-state index in [4.69, 9.17) is 0 Å². The van der Waals surface area contributed by atoms with Gasteiger partial charge in [-0.25, -0.2) is 0 Å². The van der Waals surface area contributed by atoms with Crippen LogP contribution in [0.2, 0.25) is 0 Å². The third-order valence-electron chi connectivity index (χ3n) is 3.80. The van der Waals surface area contributed by atoms with Crippen molar-refractivity contribution in [2.75, 3.05) is 13.1 Å². The van der Waals surface area contributed by atoms with E-state index in [0.717, 1.165) is 31.4 Å². The third kappa shape index (κ3) is 4.20. The van der Waals surface area contributed by atoms with Gasteiger partial charge in [-0.2, -0.15) is 13.2 Å². The summed E-state index contributed by atoms with van der Waals surface area (Å²) in [6, 6.07) is 4.16. The Morgan fingerprint density at radius 2 is 1.90 bits per heavy atom. The average molecular weight is 301 g/mol. The summed E-state index contributed by atoms with van der Waals surface area (Å²) >= 11 is 0. The third-order valence-corrected chi connectivity index (χ3v) is 3.80. The molecule has 0 bridgehead atoms. The van der Waals surface area contributed by atoms with E-state index in [0.29, 0.717) is 18.7 Å². The molecular formula is C15H18F3NO2. The molecule has 21 heavy (non-hydrogen) atoms. The Hall–Kier alpha value is -1.56. The smallest absolute Gasteiger partial charge is 0.416 e. The number of rotatable bonds is 4. The Morgan fingerprint density at radius 1 is 1.24 bits per heavy atom. The van der Waals surface area contributed by atoms with Crippen LogP contribution in [0.3, 0.4) is 0 Å². The molecular weight excluding hydrogens is 283 g/mol. The lowest BCUT2D eigenvalue weighted by molar-refractivity contribution is -0.143. The molecule has 0 saturated carbocycles. The molecule has 0 unspecified atom stereocenters. The molecule has 1 aromatic rings. The van der Waals surface area contributed by atoms with Crippen LogP contribution in [0.15, 0.2) is 24.3 Å². The average Bonchev–Trinajstić information content (AvgIpc) is 2.45. The molecule has 1 saturated heterocycles. The quantitative estimate of drug-likeness (QED) is 0.928. The zero-order valence-corrected chi connectivity index (χ0v) is 11.6. The molecule has 0 aromatic heterocycles. The fraction of sp³-hybridized carbons (Fsp3) is 0.533. The number of halogens is 3. The molecule has 1 aliphatic heterocycles. The van der Waals surface area contributed by atoms with Crippen molar-refractivity contribution in [3.8, 4) is 0 Å². The van der Waals surface area contributed by atoms with Crippen molar-refractivity contribution in [1.82, 2.24) is 4.90 Å². The van der Waals surface area contributed by atoms with E-state index in [9.17, 15) is 23.1 Å². The van der Waals surface area contributed by atoms with E-state index in [1.54, 1.807) is 6.07 Å². The largest absolute Gasteiger partial charge is 0.480 e. The molecule has 1 heterocycles. The van der Waals surface area contributed by atoms with Gasteiger partial charge >= 0.3 is 12.1 Å². The number of hydrogen-bond acceptors (Lipinski definition) is 2. The van der Waals surface area contributed by atoms with Gasteiger partial charge in [0.2, 0.25) is 0 Å². The van der Waals surface area contributed by atoms with Crippen molar-refractivity contribution >= 4 is 5.97 Å². The number of alkyl halides is 3. The summed E-state index contributed by atoms with van der Waals surface area (Å²) in [5.74, 6) is -0.977. The molecule has 1 N–H and O–H groups in total. The predicted molar refractivity (Wildman–Crippen MR) is 72.0 cm³/mol. The minimum absolute atomic E-state index is 0.0965. The first-order chi connectivity index (χ1) is 9.88. The van der Waals surface area contributed by atoms with Crippen LogP contribution >= 0.6 is 0 Å². The van der Waals surface area contributed by atoms with E-state index >= 15 is 0 Å². The topological polar surface area (TPSA) is 40.5 Å². The van der Waals surface area contributed by atoms with Crippen molar-refractivity contribution in [1.29, 1.82) is 0 Å². The molecule has 0 spiro atoms. The summed E-state index contributed by atoms with van der Waals surface area (Å²) in [5, 5.41) is 9.35. The molecule has 6 heteroatoms. The highest BCUT2D eigenvalue weighted by Crippen LogP contribution is 2.30. The number of nitrogens with zero attached hydrogens (tertiary/aromatic N) is 1. The second-order valence-electron chi connectivity index (χ2n) is 5.35. The zero-order valence-electron chi connectivity index (χ0n) is 11.6. The van der Waals surface area contributed by atoms with Gasteiger partial charge < -0.3 is 5.11 Å². The lowest BCUT2D eigenvalue weighted by Gasteiger charge is -2.32. The summed E-state index contributed by atoms with van der Waals surface area (Å²) in [4.78, 5) is 13.3. The van der Waals surface area contributed by atoms with Gasteiger partial charge in [-0.05, 0) is 44.0 Å². The van der Waals surface area contributed by atoms with Gasteiger partial charge in [0.05, 0.1) is 5.56 Å². The fourth-order valence-electron chi connectivity index (χ4n) is 2.70. The Labute approximate surface area is 121 Å². The number of carbonyl (C=O) groups is 1. The highest BCUT2D eigenvalue weighted by Gasteiger charge is 2.31. The maximum atomic E-state index is 12.7. The standard InChI is InChI=1S/C15H18F3NO2/c16-15(17,18)12-6-4-5-11(9-12)10-13(14(20)21)19-7-2-1-3-8-19/h4-6,9,13H,1-3,7-8,10H2,(H,20,21)/t13-/m1/s1. The van der Waals surface area contributed by atoms with Crippen molar-refractivity contribution in [3.05, 3.63) is 35.4 Å².